The summed E-state index contributed by atoms with van der Waals surface area (Å²) in [4.78, 5) is 20.8. The minimum Gasteiger partial charge on any atom is -0.542 e. The summed E-state index contributed by atoms with van der Waals surface area (Å²) in [6.07, 6.45) is 10.6. The number of hydrogen-bond donors (Lipinski definition) is 3. The molecule has 3 saturated heterocycles. The summed E-state index contributed by atoms with van der Waals surface area (Å²) in [6.45, 7) is 15.3. The van der Waals surface area contributed by atoms with Gasteiger partial charge in [0.15, 0.2) is 0 Å². The molecule has 0 amide bonds. The van der Waals surface area contributed by atoms with Crippen molar-refractivity contribution in [1.82, 2.24) is 19.9 Å². The molecular formula is C40H57Cl3N8O7S2Si. The molecule has 3 fully saturated rings. The molecule has 61 heavy (non-hydrogen) atoms. The van der Waals surface area contributed by atoms with Crippen LogP contribution in [0.5, 0.6) is 11.5 Å². The molecule has 0 saturated carbocycles. The maximum absolute atomic E-state index is 12.9. The standard InChI is InChI=1S/C21H31ClN4O3SSi.C15H17ClN4O3S.C4H8O.ClH/c1-21(2,3)31(4,5)29-17-7-8-19(23-15-17)25-30(27,28)18-10-12-26(13-11-18)20-9-6-16(22)14-24-20;16-11-1-4-15(18-9-11)20-7-5-13(6-8-20)24(22,23)19-14-3-2-12(21)10-17-14;1-2-4-5-3-1;/h6-9,14-15,18H,10-13H2,1-5H3,(H,23,25);1-4,9-10,13,21H,5-8H2,(H,17,19);1-4H2;1H. The second-order valence-electron chi connectivity index (χ2n) is 16.3. The third-order valence-corrected chi connectivity index (χ3v) is 19.3. The first-order valence-electron chi connectivity index (χ1n) is 20.0. The molecule has 3 aliphatic rings. The second-order valence-corrected chi connectivity index (χ2v) is 25.8. The average Bonchev–Trinajstić information content (AvgIpc) is 3.81. The molecule has 4 aromatic rings. The predicted molar refractivity (Wildman–Crippen MR) is 249 cm³/mol. The highest BCUT2D eigenvalue weighted by atomic mass is 35.5. The highest BCUT2D eigenvalue weighted by Crippen LogP contribution is 2.37. The van der Waals surface area contributed by atoms with E-state index in [-0.39, 0.29) is 29.0 Å². The number of aromatic hydroxyl groups is 1. The molecule has 15 nitrogen and oxygen atoms in total. The Hall–Kier alpha value is -3.65. The number of halogens is 3. The van der Waals surface area contributed by atoms with E-state index in [4.69, 9.17) is 32.4 Å². The van der Waals surface area contributed by atoms with Crippen molar-refractivity contribution >= 4 is 87.2 Å². The van der Waals surface area contributed by atoms with Crippen LogP contribution in [0.4, 0.5) is 23.3 Å². The number of aromatic nitrogens is 4. The first-order valence-corrected chi connectivity index (χ1v) is 26.7. The Labute approximate surface area is 377 Å². The molecule has 336 valence electrons. The molecular weight excluding hydrogens is 903 g/mol. The maximum atomic E-state index is 12.9. The average molecular weight is 961 g/mol. The second kappa shape index (κ2) is 22.1. The largest absolute Gasteiger partial charge is 0.542 e. The molecule has 0 atom stereocenters. The van der Waals surface area contributed by atoms with Crippen LogP contribution in [-0.2, 0) is 24.8 Å². The molecule has 0 aromatic carbocycles. The number of pyridine rings is 4. The number of sulfonamides is 2. The molecule has 0 aliphatic carbocycles. The number of ether oxygens (including phenoxy) is 1. The fourth-order valence-electron chi connectivity index (χ4n) is 6.26. The zero-order valence-corrected chi connectivity index (χ0v) is 40.1. The van der Waals surface area contributed by atoms with E-state index in [0.29, 0.717) is 73.5 Å². The highest BCUT2D eigenvalue weighted by molar-refractivity contribution is 7.93. The lowest BCUT2D eigenvalue weighted by atomic mass is 10.1. The molecule has 0 radical (unpaired) electrons. The summed E-state index contributed by atoms with van der Waals surface area (Å²) in [5.41, 5.74) is 0. The lowest BCUT2D eigenvalue weighted by Gasteiger charge is -2.36. The number of anilines is 4. The summed E-state index contributed by atoms with van der Waals surface area (Å²) >= 11 is 11.7. The maximum Gasteiger partial charge on any atom is 0.250 e. The van der Waals surface area contributed by atoms with Crippen LogP contribution in [0.2, 0.25) is 28.2 Å². The van der Waals surface area contributed by atoms with Gasteiger partial charge in [0.1, 0.15) is 34.8 Å². The number of nitrogens with one attached hydrogen (secondary N) is 2. The minimum absolute atomic E-state index is 0. The van der Waals surface area contributed by atoms with Crippen LogP contribution in [-0.4, -0.2) is 100 Å². The van der Waals surface area contributed by atoms with Gasteiger partial charge in [0.05, 0.1) is 32.9 Å². The van der Waals surface area contributed by atoms with Gasteiger partial charge in [0, 0.05) is 51.8 Å². The number of rotatable bonds is 10. The Morgan fingerprint density at radius 1 is 0.689 bits per heavy atom. The lowest BCUT2D eigenvalue weighted by Crippen LogP contribution is -2.43. The first kappa shape index (κ1) is 50.0. The van der Waals surface area contributed by atoms with Gasteiger partial charge in [-0.2, -0.15) is 0 Å². The highest BCUT2D eigenvalue weighted by Gasteiger charge is 2.39. The van der Waals surface area contributed by atoms with Crippen LogP contribution in [0.25, 0.3) is 0 Å². The van der Waals surface area contributed by atoms with Gasteiger partial charge in [0.25, 0.3) is 8.32 Å². The molecule has 0 spiro atoms. The Balaban J connectivity index is 0.000000242. The third kappa shape index (κ3) is 15.0. The van der Waals surface area contributed by atoms with Crippen molar-refractivity contribution in [2.45, 2.75) is 87.9 Å². The SMILES string of the molecule is C1CCOC1.CC(C)(C)[Si](C)(C)Oc1ccc(NS(=O)(=O)C2CCN(c3ccc(Cl)cn3)CC2)nc1.Cl.O=S(=O)(Nc1ccc(O)cn1)C1CCN(c2ccc(Cl)cn2)CC1. The van der Waals surface area contributed by atoms with Crippen molar-refractivity contribution in [3.05, 3.63) is 83.4 Å². The van der Waals surface area contributed by atoms with Crippen molar-refractivity contribution in [3.8, 4) is 11.5 Å². The summed E-state index contributed by atoms with van der Waals surface area (Å²) < 4.78 is 66.9. The zero-order valence-electron chi connectivity index (χ0n) is 35.1. The van der Waals surface area contributed by atoms with Crippen molar-refractivity contribution < 1.29 is 31.1 Å². The molecule has 7 rings (SSSR count). The quantitative estimate of drug-likeness (QED) is 0.129. The smallest absolute Gasteiger partial charge is 0.250 e. The van der Waals surface area contributed by atoms with E-state index in [1.165, 1.54) is 31.2 Å². The Bertz CT molecular complexity index is 2160. The van der Waals surface area contributed by atoms with E-state index in [1.54, 1.807) is 42.9 Å². The summed E-state index contributed by atoms with van der Waals surface area (Å²) in [6, 6.07) is 13.5. The summed E-state index contributed by atoms with van der Waals surface area (Å²) in [5.74, 6) is 2.77. The Morgan fingerprint density at radius 3 is 1.46 bits per heavy atom. The van der Waals surface area contributed by atoms with Crippen LogP contribution in [0.15, 0.2) is 73.3 Å². The molecule has 0 unspecified atom stereocenters. The van der Waals surface area contributed by atoms with Crippen LogP contribution < -0.4 is 23.7 Å². The van der Waals surface area contributed by atoms with Gasteiger partial charge in [-0.05, 0) is 105 Å². The number of piperidine rings is 2. The van der Waals surface area contributed by atoms with Crippen molar-refractivity contribution in [3.63, 3.8) is 0 Å². The van der Waals surface area contributed by atoms with Crippen molar-refractivity contribution in [2.24, 2.45) is 0 Å². The van der Waals surface area contributed by atoms with E-state index in [9.17, 15) is 21.9 Å². The zero-order chi connectivity index (χ0) is 43.6. The Morgan fingerprint density at radius 2 is 1.13 bits per heavy atom. The van der Waals surface area contributed by atoms with E-state index in [2.05, 4.69) is 68.1 Å². The van der Waals surface area contributed by atoms with Gasteiger partial charge in [-0.3, -0.25) is 9.44 Å². The van der Waals surface area contributed by atoms with Crippen LogP contribution in [0.1, 0.15) is 59.3 Å². The minimum atomic E-state index is -3.53. The number of hydrogen-bond acceptors (Lipinski definition) is 13. The monoisotopic (exact) mass is 958 g/mol. The normalized spacial score (nSPS) is 16.6. The summed E-state index contributed by atoms with van der Waals surface area (Å²) in [7, 11) is -9.03. The molecule has 3 aliphatic heterocycles. The van der Waals surface area contributed by atoms with E-state index in [1.807, 2.05) is 17.0 Å². The van der Waals surface area contributed by atoms with Gasteiger partial charge >= 0.3 is 0 Å². The molecule has 3 N–H and O–H groups in total. The molecule has 4 aromatic heterocycles. The Kier molecular flexibility index (Phi) is 18.1. The van der Waals surface area contributed by atoms with Gasteiger partial charge in [-0.1, -0.05) is 44.0 Å². The van der Waals surface area contributed by atoms with E-state index >= 15 is 0 Å². The van der Waals surface area contributed by atoms with Gasteiger partial charge < -0.3 is 24.1 Å². The van der Waals surface area contributed by atoms with Gasteiger partial charge in [-0.15, -0.1) is 12.4 Å². The van der Waals surface area contributed by atoms with Crippen molar-refractivity contribution in [1.29, 1.82) is 0 Å². The number of nitrogens with zero attached hydrogens (tertiary/aromatic N) is 6. The summed E-state index contributed by atoms with van der Waals surface area (Å²) in [5, 5.41) is 9.46. The van der Waals surface area contributed by atoms with Crippen LogP contribution >= 0.6 is 35.6 Å². The molecule has 7 heterocycles. The van der Waals surface area contributed by atoms with Crippen LogP contribution in [0, 0.1) is 0 Å². The predicted octanol–water partition coefficient (Wildman–Crippen LogP) is 8.39. The van der Waals surface area contributed by atoms with Gasteiger partial charge in [-0.25, -0.2) is 36.8 Å². The fraction of sp³-hybridized carbons (Fsp3) is 0.500. The van der Waals surface area contributed by atoms with Crippen LogP contribution in [0.3, 0.4) is 0 Å². The first-order chi connectivity index (χ1) is 28.3. The van der Waals surface area contributed by atoms with E-state index < -0.39 is 38.9 Å². The van der Waals surface area contributed by atoms with E-state index in [0.717, 1.165) is 24.8 Å². The van der Waals surface area contributed by atoms with Crippen molar-refractivity contribution in [2.75, 3.05) is 58.6 Å². The lowest BCUT2D eigenvalue weighted by molar-refractivity contribution is 0.198. The fourth-order valence-corrected chi connectivity index (χ4v) is 10.3. The molecule has 0 bridgehead atoms. The topological polar surface area (TPSA) is 189 Å². The molecule has 21 heteroatoms. The van der Waals surface area contributed by atoms with Gasteiger partial charge in [0.2, 0.25) is 20.0 Å². The third-order valence-electron chi connectivity index (χ3n) is 10.8.